The zero-order valence-electron chi connectivity index (χ0n) is 16.9. The second-order valence-corrected chi connectivity index (χ2v) is 7.84. The molecule has 0 atom stereocenters. The normalized spacial score (nSPS) is 11.2. The van der Waals surface area contributed by atoms with E-state index in [4.69, 9.17) is 16.3 Å². The molecule has 1 N–H and O–H groups in total. The molecule has 0 aliphatic carbocycles. The van der Waals surface area contributed by atoms with Gasteiger partial charge in [0.05, 0.1) is 24.3 Å². The maximum atomic E-state index is 11.2. The summed E-state index contributed by atoms with van der Waals surface area (Å²) in [6.07, 6.45) is 2.82. The Labute approximate surface area is 187 Å². The predicted molar refractivity (Wildman–Crippen MR) is 119 cm³/mol. The van der Waals surface area contributed by atoms with E-state index in [1.54, 1.807) is 4.68 Å². The van der Waals surface area contributed by atoms with Gasteiger partial charge in [-0.3, -0.25) is 10.1 Å². The van der Waals surface area contributed by atoms with Crippen molar-refractivity contribution in [3.05, 3.63) is 68.5 Å². The quantitative estimate of drug-likeness (QED) is 0.213. The van der Waals surface area contributed by atoms with Gasteiger partial charge in [0, 0.05) is 28.8 Å². The lowest BCUT2D eigenvalue weighted by atomic mass is 10.2. The highest BCUT2D eigenvalue weighted by Gasteiger charge is 2.17. The second-order valence-electron chi connectivity index (χ2n) is 6.46. The lowest BCUT2D eigenvalue weighted by molar-refractivity contribution is -0.385. The summed E-state index contributed by atoms with van der Waals surface area (Å²) in [7, 11) is 1.32. The molecule has 0 amide bonds. The predicted octanol–water partition coefficient (Wildman–Crippen LogP) is 4.68. The summed E-state index contributed by atoms with van der Waals surface area (Å²) in [5.74, 6) is 1.03. The molecule has 11 heteroatoms. The largest absolute Gasteiger partial charge is 0.504 e. The zero-order chi connectivity index (χ0) is 22.4. The van der Waals surface area contributed by atoms with Crippen LogP contribution in [-0.4, -0.2) is 38.2 Å². The number of aromatic nitrogens is 3. The van der Waals surface area contributed by atoms with Gasteiger partial charge in [-0.1, -0.05) is 42.4 Å². The second kappa shape index (κ2) is 10.3. The van der Waals surface area contributed by atoms with Crippen molar-refractivity contribution in [2.75, 3.05) is 7.11 Å². The van der Waals surface area contributed by atoms with Gasteiger partial charge >= 0.3 is 0 Å². The van der Waals surface area contributed by atoms with E-state index in [0.717, 1.165) is 18.1 Å². The van der Waals surface area contributed by atoms with E-state index in [1.165, 1.54) is 31.2 Å². The Bertz CT molecular complexity index is 1100. The van der Waals surface area contributed by atoms with Crippen molar-refractivity contribution in [2.45, 2.75) is 30.7 Å². The number of aromatic hydroxyl groups is 1. The Balaban J connectivity index is 1.91. The summed E-state index contributed by atoms with van der Waals surface area (Å²) in [5.41, 5.74) is 0.993. The van der Waals surface area contributed by atoms with Crippen LogP contribution in [0.15, 0.2) is 46.7 Å². The number of non-ortho nitro benzene ring substituents is 1. The van der Waals surface area contributed by atoms with Gasteiger partial charge in [-0.25, -0.2) is 0 Å². The third-order valence-electron chi connectivity index (χ3n) is 4.26. The van der Waals surface area contributed by atoms with Gasteiger partial charge in [0.25, 0.3) is 5.69 Å². The number of methoxy groups -OCH3 is 1. The average molecular weight is 462 g/mol. The first-order chi connectivity index (χ1) is 14.9. The number of phenols is 1. The molecule has 31 heavy (non-hydrogen) atoms. The number of rotatable bonds is 9. The van der Waals surface area contributed by atoms with Crippen molar-refractivity contribution in [1.29, 1.82) is 0 Å². The van der Waals surface area contributed by atoms with Crippen LogP contribution >= 0.6 is 23.4 Å². The summed E-state index contributed by atoms with van der Waals surface area (Å²) in [5, 5.41) is 35.6. The third kappa shape index (κ3) is 5.53. The van der Waals surface area contributed by atoms with E-state index in [2.05, 4.69) is 15.3 Å². The van der Waals surface area contributed by atoms with Gasteiger partial charge < -0.3 is 9.84 Å². The van der Waals surface area contributed by atoms with Gasteiger partial charge in [-0.05, 0) is 24.1 Å². The lowest BCUT2D eigenvalue weighted by Crippen LogP contribution is -2.01. The number of nitro benzene ring substituents is 1. The van der Waals surface area contributed by atoms with Gasteiger partial charge in [-0.2, -0.15) is 9.78 Å². The Hall–Kier alpha value is -3.11. The van der Waals surface area contributed by atoms with E-state index in [0.29, 0.717) is 28.2 Å². The Morgan fingerprint density at radius 2 is 2.06 bits per heavy atom. The summed E-state index contributed by atoms with van der Waals surface area (Å²) >= 11 is 7.38. The zero-order valence-corrected chi connectivity index (χ0v) is 18.4. The summed E-state index contributed by atoms with van der Waals surface area (Å²) in [4.78, 5) is 10.6. The van der Waals surface area contributed by atoms with Gasteiger partial charge in [0.15, 0.2) is 17.3 Å². The van der Waals surface area contributed by atoms with E-state index < -0.39 is 4.92 Å². The number of phenolic OH excluding ortho intramolecular Hbond substituents is 1. The molecule has 3 rings (SSSR count). The molecular weight excluding hydrogens is 442 g/mol. The monoisotopic (exact) mass is 461 g/mol. The van der Waals surface area contributed by atoms with Gasteiger partial charge in [-0.15, -0.1) is 10.2 Å². The van der Waals surface area contributed by atoms with Crippen LogP contribution in [0, 0.1) is 10.1 Å². The molecule has 0 fully saturated rings. The van der Waals surface area contributed by atoms with E-state index >= 15 is 0 Å². The first-order valence-electron chi connectivity index (χ1n) is 9.34. The number of nitrogens with zero attached hydrogens (tertiary/aromatic N) is 5. The molecule has 0 aliphatic heterocycles. The fourth-order valence-electron chi connectivity index (χ4n) is 2.70. The molecule has 0 radical (unpaired) electrons. The number of aryl methyl sites for hydroxylation is 1. The highest BCUT2D eigenvalue weighted by atomic mass is 35.5. The minimum absolute atomic E-state index is 0.00877. The lowest BCUT2D eigenvalue weighted by Gasteiger charge is -2.07. The molecule has 0 aliphatic rings. The van der Waals surface area contributed by atoms with Crippen molar-refractivity contribution in [3.8, 4) is 11.5 Å². The van der Waals surface area contributed by atoms with E-state index in [1.807, 2.05) is 31.2 Å². The Morgan fingerprint density at radius 3 is 2.71 bits per heavy atom. The minimum Gasteiger partial charge on any atom is -0.504 e. The van der Waals surface area contributed by atoms with Crippen LogP contribution < -0.4 is 4.74 Å². The number of nitro groups is 1. The number of hydrogen-bond acceptors (Lipinski definition) is 8. The molecule has 0 bridgehead atoms. The summed E-state index contributed by atoms with van der Waals surface area (Å²) < 4.78 is 6.61. The topological polar surface area (TPSA) is 116 Å². The molecule has 0 saturated heterocycles. The highest BCUT2D eigenvalue weighted by molar-refractivity contribution is 7.98. The van der Waals surface area contributed by atoms with Crippen LogP contribution in [0.2, 0.25) is 5.02 Å². The highest BCUT2D eigenvalue weighted by Crippen LogP contribution is 2.33. The molecule has 0 unspecified atom stereocenters. The number of benzene rings is 2. The minimum atomic E-state index is -0.562. The first-order valence-corrected chi connectivity index (χ1v) is 10.7. The van der Waals surface area contributed by atoms with Crippen molar-refractivity contribution in [1.82, 2.24) is 14.9 Å². The van der Waals surface area contributed by atoms with Crippen molar-refractivity contribution >= 4 is 35.3 Å². The van der Waals surface area contributed by atoms with Gasteiger partial charge in [0.1, 0.15) is 0 Å². The number of ether oxygens (including phenoxy) is 1. The fourth-order valence-corrected chi connectivity index (χ4v) is 3.69. The first kappa shape index (κ1) is 22.6. The van der Waals surface area contributed by atoms with Gasteiger partial charge in [0.2, 0.25) is 5.16 Å². The van der Waals surface area contributed by atoms with Crippen LogP contribution in [0.4, 0.5) is 5.69 Å². The number of hydrogen-bond donors (Lipinski definition) is 1. The average Bonchev–Trinajstić information content (AvgIpc) is 3.14. The molecule has 1 aromatic heterocycles. The fraction of sp³-hybridized carbons (Fsp3) is 0.250. The van der Waals surface area contributed by atoms with E-state index in [-0.39, 0.29) is 22.7 Å². The molecule has 162 valence electrons. The standard InChI is InChI=1S/C20H20ClN5O4S/c1-3-4-18-23-24-20(31-12-13-5-7-15(21)8-6-13)25(18)22-11-14-9-16(26(28)29)10-17(30-2)19(14)27/h5-11,27H,3-4,12H2,1-2H3/b22-11+. The van der Waals surface area contributed by atoms with Crippen LogP contribution in [0.25, 0.3) is 0 Å². The smallest absolute Gasteiger partial charge is 0.274 e. The van der Waals surface area contributed by atoms with Crippen molar-refractivity contribution in [2.24, 2.45) is 5.10 Å². The van der Waals surface area contributed by atoms with Crippen molar-refractivity contribution < 1.29 is 14.8 Å². The number of thioether (sulfide) groups is 1. The van der Waals surface area contributed by atoms with Crippen LogP contribution in [0.5, 0.6) is 11.5 Å². The molecule has 3 aromatic rings. The maximum Gasteiger partial charge on any atom is 0.274 e. The summed E-state index contributed by atoms with van der Waals surface area (Å²) in [6.45, 7) is 2.01. The van der Waals surface area contributed by atoms with Crippen LogP contribution in [0.3, 0.4) is 0 Å². The van der Waals surface area contributed by atoms with Crippen LogP contribution in [-0.2, 0) is 12.2 Å². The maximum absolute atomic E-state index is 11.2. The Kier molecular flexibility index (Phi) is 7.48. The molecule has 9 nitrogen and oxygen atoms in total. The molecule has 1 heterocycles. The SMILES string of the molecule is CCCc1nnc(SCc2ccc(Cl)cc2)n1/N=C/c1cc([N+](=O)[O-])cc(OC)c1O. The van der Waals surface area contributed by atoms with E-state index in [9.17, 15) is 15.2 Å². The van der Waals surface area contributed by atoms with Crippen LogP contribution in [0.1, 0.15) is 30.3 Å². The van der Waals surface area contributed by atoms with Crippen molar-refractivity contribution in [3.63, 3.8) is 0 Å². The summed E-state index contributed by atoms with van der Waals surface area (Å²) in [6, 6.07) is 9.88. The molecule has 0 saturated carbocycles. The molecule has 2 aromatic carbocycles. The Morgan fingerprint density at radius 1 is 1.32 bits per heavy atom. The third-order valence-corrected chi connectivity index (χ3v) is 5.51. The molecule has 0 spiro atoms. The number of halogens is 1. The molecular formula is C20H20ClN5O4S.